The highest BCUT2D eigenvalue weighted by Gasteiger charge is 2.12. The minimum atomic E-state index is 0.611. The Labute approximate surface area is 126 Å². The van der Waals surface area contributed by atoms with E-state index in [1.807, 2.05) is 45.2 Å². The molecule has 1 aromatic heterocycles. The highest BCUT2D eigenvalue weighted by molar-refractivity contribution is 14.1. The van der Waals surface area contributed by atoms with Crippen molar-refractivity contribution in [2.75, 3.05) is 12.4 Å². The van der Waals surface area contributed by atoms with Crippen molar-refractivity contribution in [2.45, 2.75) is 20.3 Å². The average molecular weight is 369 g/mol. The van der Waals surface area contributed by atoms with Crippen molar-refractivity contribution in [2.24, 2.45) is 0 Å². The average Bonchev–Trinajstić information content (AvgIpc) is 2.43. The molecule has 0 amide bonds. The van der Waals surface area contributed by atoms with Crippen LogP contribution in [0.25, 0.3) is 0 Å². The van der Waals surface area contributed by atoms with E-state index in [-0.39, 0.29) is 0 Å². The van der Waals surface area contributed by atoms with Crippen molar-refractivity contribution in [1.29, 1.82) is 0 Å². The minimum absolute atomic E-state index is 0.611. The molecule has 1 heterocycles. The Hall–Kier alpha value is -1.37. The molecule has 100 valence electrons. The van der Waals surface area contributed by atoms with Gasteiger partial charge in [0.05, 0.1) is 9.13 Å². The van der Waals surface area contributed by atoms with Gasteiger partial charge in [0.25, 0.3) is 0 Å². The van der Waals surface area contributed by atoms with Gasteiger partial charge in [-0.1, -0.05) is 19.1 Å². The Morgan fingerprint density at radius 1 is 1.26 bits per heavy atom. The Bertz CT molecular complexity index is 587. The summed E-state index contributed by atoms with van der Waals surface area (Å²) in [6.45, 7) is 3.98. The zero-order chi connectivity index (χ0) is 13.8. The van der Waals surface area contributed by atoms with Crippen molar-refractivity contribution >= 4 is 28.4 Å². The number of hydrogen-bond donors (Lipinski definition) is 1. The fraction of sp³-hybridized carbons (Fsp3) is 0.286. The van der Waals surface area contributed by atoms with E-state index in [9.17, 15) is 0 Å². The Morgan fingerprint density at radius 2 is 2.00 bits per heavy atom. The zero-order valence-electron chi connectivity index (χ0n) is 11.2. The lowest BCUT2D eigenvalue weighted by Crippen LogP contribution is -2.05. The third kappa shape index (κ3) is 3.15. The van der Waals surface area contributed by atoms with E-state index in [0.29, 0.717) is 5.88 Å². The highest BCUT2D eigenvalue weighted by Crippen LogP contribution is 2.29. The van der Waals surface area contributed by atoms with E-state index in [4.69, 9.17) is 4.74 Å². The smallest absolute Gasteiger partial charge is 0.227 e. The van der Waals surface area contributed by atoms with Gasteiger partial charge in [0.15, 0.2) is 0 Å². The first-order chi connectivity index (χ1) is 9.15. The number of aryl methyl sites for hydroxylation is 1. The summed E-state index contributed by atoms with van der Waals surface area (Å²) < 4.78 is 6.98. The van der Waals surface area contributed by atoms with Crippen molar-refractivity contribution < 1.29 is 4.74 Å². The normalized spacial score (nSPS) is 10.3. The second-order valence-electron chi connectivity index (χ2n) is 4.05. The monoisotopic (exact) mass is 369 g/mol. The quantitative estimate of drug-likeness (QED) is 0.834. The molecule has 1 N–H and O–H groups in total. The first kappa shape index (κ1) is 14.0. The van der Waals surface area contributed by atoms with Gasteiger partial charge in [-0.2, -0.15) is 4.98 Å². The van der Waals surface area contributed by atoms with Crippen molar-refractivity contribution in [3.63, 3.8) is 0 Å². The van der Waals surface area contributed by atoms with Gasteiger partial charge in [0, 0.05) is 13.5 Å². The molecule has 1 aromatic carbocycles. The zero-order valence-corrected chi connectivity index (χ0v) is 13.4. The van der Waals surface area contributed by atoms with E-state index in [0.717, 1.165) is 32.9 Å². The molecule has 0 aliphatic carbocycles. The molecule has 2 aromatic rings. The fourth-order valence-corrected chi connectivity index (χ4v) is 2.17. The van der Waals surface area contributed by atoms with Gasteiger partial charge in [-0.25, -0.2) is 4.98 Å². The summed E-state index contributed by atoms with van der Waals surface area (Å²) in [5.41, 5.74) is 0.916. The number of ether oxygens (including phenoxy) is 1. The molecule has 0 radical (unpaired) electrons. The number of nitrogens with one attached hydrogen (secondary N) is 1. The maximum absolute atomic E-state index is 5.93. The number of rotatable bonds is 4. The molecule has 4 nitrogen and oxygen atoms in total. The third-order valence-corrected chi connectivity index (χ3v) is 3.63. The molecule has 19 heavy (non-hydrogen) atoms. The molecule has 0 atom stereocenters. The van der Waals surface area contributed by atoms with Gasteiger partial charge in [-0.05, 0) is 41.6 Å². The molecule has 2 rings (SSSR count). The van der Waals surface area contributed by atoms with Crippen LogP contribution in [0.15, 0.2) is 24.3 Å². The van der Waals surface area contributed by atoms with Crippen LogP contribution in [-0.4, -0.2) is 17.0 Å². The summed E-state index contributed by atoms with van der Waals surface area (Å²) in [5.74, 6) is 3.01. The molecule has 0 fully saturated rings. The van der Waals surface area contributed by atoms with Crippen LogP contribution in [0.3, 0.4) is 0 Å². The lowest BCUT2D eigenvalue weighted by atomic mass is 10.3. The van der Waals surface area contributed by atoms with Crippen molar-refractivity contribution in [3.8, 4) is 11.6 Å². The summed E-state index contributed by atoms with van der Waals surface area (Å²) in [6, 6.07) is 7.88. The van der Waals surface area contributed by atoms with E-state index in [1.165, 1.54) is 0 Å². The molecule has 0 saturated heterocycles. The van der Waals surface area contributed by atoms with E-state index < -0.39 is 0 Å². The fourth-order valence-electron chi connectivity index (χ4n) is 1.67. The van der Waals surface area contributed by atoms with Crippen LogP contribution in [-0.2, 0) is 6.42 Å². The largest absolute Gasteiger partial charge is 0.437 e. The molecule has 5 heteroatoms. The van der Waals surface area contributed by atoms with Gasteiger partial charge in [-0.15, -0.1) is 0 Å². The summed E-state index contributed by atoms with van der Waals surface area (Å²) in [7, 11) is 1.85. The number of benzene rings is 1. The maximum atomic E-state index is 5.93. The van der Waals surface area contributed by atoms with Crippen LogP contribution in [0.4, 0.5) is 5.82 Å². The molecular formula is C14H16IN3O. The van der Waals surface area contributed by atoms with Gasteiger partial charge in [0.2, 0.25) is 5.88 Å². The predicted octanol–water partition coefficient (Wildman–Crippen LogP) is 3.79. The van der Waals surface area contributed by atoms with Crippen LogP contribution in [0.1, 0.15) is 18.3 Å². The van der Waals surface area contributed by atoms with Crippen LogP contribution in [0.2, 0.25) is 0 Å². The van der Waals surface area contributed by atoms with E-state index in [2.05, 4.69) is 37.9 Å². The van der Waals surface area contributed by atoms with Crippen LogP contribution in [0, 0.1) is 10.5 Å². The van der Waals surface area contributed by atoms with Crippen LogP contribution >= 0.6 is 22.6 Å². The topological polar surface area (TPSA) is 47.0 Å². The summed E-state index contributed by atoms with van der Waals surface area (Å²) in [6.07, 6.45) is 0.775. The molecular weight excluding hydrogens is 353 g/mol. The summed E-state index contributed by atoms with van der Waals surface area (Å²) >= 11 is 2.25. The Morgan fingerprint density at radius 3 is 2.63 bits per heavy atom. The van der Waals surface area contributed by atoms with E-state index in [1.54, 1.807) is 0 Å². The predicted molar refractivity (Wildman–Crippen MR) is 84.9 cm³/mol. The van der Waals surface area contributed by atoms with Gasteiger partial charge in [0.1, 0.15) is 17.4 Å². The molecule has 0 aliphatic rings. The third-order valence-electron chi connectivity index (χ3n) is 2.74. The Balaban J connectivity index is 2.42. The van der Waals surface area contributed by atoms with Crippen molar-refractivity contribution in [1.82, 2.24) is 9.97 Å². The SMILES string of the molecule is CCc1nc(NC)c(C)c(Oc2ccccc2I)n1. The number of nitrogens with zero attached hydrogens (tertiary/aromatic N) is 2. The number of aromatic nitrogens is 2. The number of hydrogen-bond acceptors (Lipinski definition) is 4. The molecule has 0 unspecified atom stereocenters. The standard InChI is InChI=1S/C14H16IN3O/c1-4-12-17-13(16-3)9(2)14(18-12)19-11-8-6-5-7-10(11)15/h5-8H,4H2,1-3H3,(H,16,17,18). The number of para-hydroxylation sites is 1. The molecule has 0 aliphatic heterocycles. The Kier molecular flexibility index (Phi) is 4.57. The summed E-state index contributed by atoms with van der Waals surface area (Å²) in [5, 5.41) is 3.08. The maximum Gasteiger partial charge on any atom is 0.227 e. The van der Waals surface area contributed by atoms with Crippen molar-refractivity contribution in [3.05, 3.63) is 39.2 Å². The minimum Gasteiger partial charge on any atom is -0.437 e. The van der Waals surface area contributed by atoms with Crippen LogP contribution in [0.5, 0.6) is 11.6 Å². The second-order valence-corrected chi connectivity index (χ2v) is 5.22. The molecule has 0 saturated carbocycles. The first-order valence-corrected chi connectivity index (χ1v) is 7.21. The molecule has 0 bridgehead atoms. The number of halogens is 1. The van der Waals surface area contributed by atoms with Gasteiger partial charge >= 0.3 is 0 Å². The second kappa shape index (κ2) is 6.18. The lowest BCUT2D eigenvalue weighted by Gasteiger charge is -2.13. The van der Waals surface area contributed by atoms with Gasteiger partial charge in [-0.3, -0.25) is 0 Å². The van der Waals surface area contributed by atoms with Crippen LogP contribution < -0.4 is 10.1 Å². The summed E-state index contributed by atoms with van der Waals surface area (Å²) in [4.78, 5) is 8.89. The van der Waals surface area contributed by atoms with E-state index >= 15 is 0 Å². The number of anilines is 1. The van der Waals surface area contributed by atoms with Gasteiger partial charge < -0.3 is 10.1 Å². The highest BCUT2D eigenvalue weighted by atomic mass is 127. The molecule has 0 spiro atoms. The lowest BCUT2D eigenvalue weighted by molar-refractivity contribution is 0.452. The first-order valence-electron chi connectivity index (χ1n) is 6.13.